The first-order chi connectivity index (χ1) is 11.0. The summed E-state index contributed by atoms with van der Waals surface area (Å²) >= 11 is 1.01. The number of aromatic nitrogens is 1. The average Bonchev–Trinajstić information content (AvgIpc) is 3.01. The number of guanidine groups is 1. The predicted molar refractivity (Wildman–Crippen MR) is 101 cm³/mol. The number of thiazole rings is 1. The minimum atomic E-state index is -4.38. The number of aliphatic imine (C=N–C) groups is 1. The Kier molecular flexibility index (Phi) is 8.46. The van der Waals surface area contributed by atoms with E-state index in [9.17, 15) is 13.2 Å². The Morgan fingerprint density at radius 1 is 1.21 bits per heavy atom. The molecule has 0 saturated heterocycles. The summed E-state index contributed by atoms with van der Waals surface area (Å²) in [5.74, 6) is 0.599. The van der Waals surface area contributed by atoms with Crippen molar-refractivity contribution in [3.8, 4) is 0 Å². The molecule has 2 N–H and O–H groups in total. The molecule has 1 aromatic heterocycles. The van der Waals surface area contributed by atoms with E-state index in [0.717, 1.165) is 22.3 Å². The highest BCUT2D eigenvalue weighted by Gasteiger charge is 2.33. The first-order valence-electron chi connectivity index (χ1n) is 6.99. The average molecular weight is 470 g/mol. The van der Waals surface area contributed by atoms with Crippen LogP contribution in [-0.2, 0) is 19.1 Å². The number of nitrogens with one attached hydrogen (secondary N) is 2. The predicted octanol–water partition coefficient (Wildman–Crippen LogP) is 3.69. The highest BCUT2D eigenvalue weighted by atomic mass is 127. The van der Waals surface area contributed by atoms with Crippen LogP contribution in [0, 0.1) is 0 Å². The summed E-state index contributed by atoms with van der Waals surface area (Å²) < 4.78 is 37.4. The molecule has 0 saturated carbocycles. The van der Waals surface area contributed by atoms with Gasteiger partial charge < -0.3 is 10.6 Å². The third-order valence-electron chi connectivity index (χ3n) is 3.00. The molecule has 9 heteroatoms. The van der Waals surface area contributed by atoms with Gasteiger partial charge in [0.25, 0.3) is 0 Å². The highest BCUT2D eigenvalue weighted by molar-refractivity contribution is 14.0. The quantitative estimate of drug-likeness (QED) is 0.398. The van der Waals surface area contributed by atoms with Gasteiger partial charge in [-0.2, -0.15) is 13.2 Å². The zero-order valence-corrected chi connectivity index (χ0v) is 16.1. The Bertz CT molecular complexity index is 644. The summed E-state index contributed by atoms with van der Waals surface area (Å²) in [4.78, 5) is 7.67. The second kappa shape index (κ2) is 9.82. The van der Waals surface area contributed by atoms with E-state index >= 15 is 0 Å². The molecule has 4 nitrogen and oxygen atoms in total. The van der Waals surface area contributed by atoms with Crippen molar-refractivity contribution in [2.75, 3.05) is 13.6 Å². The van der Waals surface area contributed by atoms with E-state index in [-0.39, 0.29) is 24.0 Å². The molecule has 0 radical (unpaired) electrons. The molecule has 1 heterocycles. The third kappa shape index (κ3) is 6.63. The monoisotopic (exact) mass is 470 g/mol. The number of nitrogens with zero attached hydrogens (tertiary/aromatic N) is 2. The number of alkyl halides is 3. The number of halogens is 4. The fourth-order valence-electron chi connectivity index (χ4n) is 1.85. The van der Waals surface area contributed by atoms with Crippen LogP contribution in [0.4, 0.5) is 13.2 Å². The van der Waals surface area contributed by atoms with Crippen LogP contribution in [0.25, 0.3) is 0 Å². The number of hydrogen-bond acceptors (Lipinski definition) is 3. The molecule has 2 aromatic rings. The van der Waals surface area contributed by atoms with Crippen molar-refractivity contribution in [3.05, 3.63) is 52.0 Å². The van der Waals surface area contributed by atoms with Crippen LogP contribution in [0.3, 0.4) is 0 Å². The van der Waals surface area contributed by atoms with Crippen molar-refractivity contribution >= 4 is 41.3 Å². The van der Waals surface area contributed by atoms with E-state index in [4.69, 9.17) is 0 Å². The molecule has 0 unspecified atom stereocenters. The van der Waals surface area contributed by atoms with Gasteiger partial charge >= 0.3 is 6.18 Å². The van der Waals surface area contributed by atoms with Crippen LogP contribution in [0.2, 0.25) is 0 Å². The van der Waals surface area contributed by atoms with Gasteiger partial charge in [0.15, 0.2) is 11.7 Å². The van der Waals surface area contributed by atoms with Crippen LogP contribution in [0.5, 0.6) is 0 Å². The molecule has 0 aliphatic rings. The first-order valence-corrected chi connectivity index (χ1v) is 7.87. The van der Waals surface area contributed by atoms with Crippen molar-refractivity contribution in [3.63, 3.8) is 0 Å². The second-order valence-corrected chi connectivity index (χ2v) is 5.66. The van der Waals surface area contributed by atoms with Gasteiger partial charge in [0.05, 0.1) is 5.01 Å². The summed E-state index contributed by atoms with van der Waals surface area (Å²) in [6.07, 6.45) is -3.97. The SMILES string of the molecule is CN=C(NCCc1nc(C(F)(F)F)cs1)NCc1ccccc1.I. The highest BCUT2D eigenvalue weighted by Crippen LogP contribution is 2.29. The van der Waals surface area contributed by atoms with Gasteiger partial charge in [-0.25, -0.2) is 4.98 Å². The Balaban J connectivity index is 0.00000288. The maximum Gasteiger partial charge on any atom is 0.434 e. The minimum Gasteiger partial charge on any atom is -0.356 e. The number of benzene rings is 1. The molecule has 0 bridgehead atoms. The molecule has 2 rings (SSSR count). The number of hydrogen-bond donors (Lipinski definition) is 2. The van der Waals surface area contributed by atoms with Gasteiger partial charge in [-0.05, 0) is 5.56 Å². The molecule has 0 aliphatic carbocycles. The Morgan fingerprint density at radius 2 is 1.92 bits per heavy atom. The summed E-state index contributed by atoms with van der Waals surface area (Å²) in [7, 11) is 1.64. The van der Waals surface area contributed by atoms with Gasteiger partial charge in [0.2, 0.25) is 0 Å². The van der Waals surface area contributed by atoms with Crippen LogP contribution in [0.15, 0.2) is 40.7 Å². The Morgan fingerprint density at radius 3 is 2.50 bits per heavy atom. The molecular formula is C15H18F3IN4S. The van der Waals surface area contributed by atoms with Crippen LogP contribution in [-0.4, -0.2) is 24.5 Å². The molecular weight excluding hydrogens is 452 g/mol. The second-order valence-electron chi connectivity index (χ2n) is 4.71. The molecule has 1 aromatic carbocycles. The summed E-state index contributed by atoms with van der Waals surface area (Å²) in [6, 6.07) is 9.84. The molecule has 0 amide bonds. The van der Waals surface area contributed by atoms with Crippen molar-refractivity contribution in [2.24, 2.45) is 4.99 Å². The summed E-state index contributed by atoms with van der Waals surface area (Å²) in [5, 5.41) is 7.69. The maximum atomic E-state index is 12.5. The van der Waals surface area contributed by atoms with Crippen molar-refractivity contribution in [1.82, 2.24) is 15.6 Å². The third-order valence-corrected chi connectivity index (χ3v) is 3.91. The lowest BCUT2D eigenvalue weighted by Crippen LogP contribution is -2.37. The number of rotatable bonds is 5. The molecule has 0 fully saturated rings. The zero-order valence-electron chi connectivity index (χ0n) is 12.9. The lowest BCUT2D eigenvalue weighted by molar-refractivity contribution is -0.140. The van der Waals surface area contributed by atoms with E-state index in [2.05, 4.69) is 20.6 Å². The lowest BCUT2D eigenvalue weighted by Gasteiger charge is -2.11. The van der Waals surface area contributed by atoms with Crippen molar-refractivity contribution in [1.29, 1.82) is 0 Å². The molecule has 0 atom stereocenters. The van der Waals surface area contributed by atoms with Crippen LogP contribution >= 0.6 is 35.3 Å². The topological polar surface area (TPSA) is 49.3 Å². The molecule has 0 spiro atoms. The largest absolute Gasteiger partial charge is 0.434 e. The van der Waals surface area contributed by atoms with Crippen LogP contribution in [0.1, 0.15) is 16.3 Å². The fraction of sp³-hybridized carbons (Fsp3) is 0.333. The van der Waals surface area contributed by atoms with Gasteiger partial charge in [-0.3, -0.25) is 4.99 Å². The van der Waals surface area contributed by atoms with Gasteiger partial charge in [0.1, 0.15) is 0 Å². The van der Waals surface area contributed by atoms with Gasteiger partial charge in [-0.1, -0.05) is 30.3 Å². The van der Waals surface area contributed by atoms with E-state index < -0.39 is 11.9 Å². The van der Waals surface area contributed by atoms with E-state index in [1.165, 1.54) is 0 Å². The van der Waals surface area contributed by atoms with E-state index in [1.54, 1.807) is 7.05 Å². The summed E-state index contributed by atoms with van der Waals surface area (Å²) in [5.41, 5.74) is 0.286. The molecule has 0 aliphatic heterocycles. The van der Waals surface area contributed by atoms with Gasteiger partial charge in [0, 0.05) is 31.9 Å². The lowest BCUT2D eigenvalue weighted by atomic mass is 10.2. The van der Waals surface area contributed by atoms with Crippen molar-refractivity contribution < 1.29 is 13.2 Å². The van der Waals surface area contributed by atoms with Crippen molar-refractivity contribution in [2.45, 2.75) is 19.1 Å². The smallest absolute Gasteiger partial charge is 0.356 e. The Hall–Kier alpha value is -1.36. The fourth-order valence-corrected chi connectivity index (χ4v) is 2.65. The minimum absolute atomic E-state index is 0. The zero-order chi connectivity index (χ0) is 16.7. The van der Waals surface area contributed by atoms with Gasteiger partial charge in [-0.15, -0.1) is 35.3 Å². The van der Waals surface area contributed by atoms with Crippen LogP contribution < -0.4 is 10.6 Å². The first kappa shape index (κ1) is 20.7. The normalized spacial score (nSPS) is 11.8. The van der Waals surface area contributed by atoms with E-state index in [0.29, 0.717) is 30.5 Å². The Labute approximate surface area is 159 Å². The summed E-state index contributed by atoms with van der Waals surface area (Å²) in [6.45, 7) is 1.08. The molecule has 24 heavy (non-hydrogen) atoms. The molecule has 132 valence electrons. The standard InChI is InChI=1S/C15H17F3N4S.HI/c1-19-14(21-9-11-5-3-2-4-6-11)20-8-7-13-22-12(10-23-13)15(16,17)18;/h2-6,10H,7-9H2,1H3,(H2,19,20,21);1H. The maximum absolute atomic E-state index is 12.5. The van der Waals surface area contributed by atoms with E-state index in [1.807, 2.05) is 30.3 Å².